The maximum atomic E-state index is 13.3. The number of para-hydroxylation sites is 1. The van der Waals surface area contributed by atoms with Gasteiger partial charge in [-0.3, -0.25) is 14.4 Å². The van der Waals surface area contributed by atoms with Crippen LogP contribution >= 0.6 is 0 Å². The molecule has 0 spiro atoms. The molecule has 0 fully saturated rings. The van der Waals surface area contributed by atoms with E-state index in [1.54, 1.807) is 72.8 Å². The van der Waals surface area contributed by atoms with Crippen LogP contribution in [0.4, 0.5) is 0 Å². The van der Waals surface area contributed by atoms with Gasteiger partial charge in [0.1, 0.15) is 17.2 Å². The fourth-order valence-electron chi connectivity index (χ4n) is 3.94. The number of benzene rings is 4. The van der Waals surface area contributed by atoms with E-state index in [0.717, 1.165) is 0 Å². The zero-order valence-electron chi connectivity index (χ0n) is 20.6. The van der Waals surface area contributed by atoms with Gasteiger partial charge >= 0.3 is 0 Å². The van der Waals surface area contributed by atoms with Crippen LogP contribution in [0.1, 0.15) is 27.7 Å². The highest BCUT2D eigenvalue weighted by Gasteiger charge is 2.27. The Balaban J connectivity index is 1.39. The number of aromatic amines is 1. The molecular weight excluding hydrogens is 494 g/mol. The Hall–Kier alpha value is -5.57. The number of aromatic nitrogens is 2. The van der Waals surface area contributed by atoms with Crippen molar-refractivity contribution in [3.63, 3.8) is 0 Å². The number of carbonyl (C=O) groups excluding carboxylic acids is 2. The van der Waals surface area contributed by atoms with Gasteiger partial charge in [0, 0.05) is 10.9 Å². The molecule has 39 heavy (non-hydrogen) atoms. The molecule has 1 heterocycles. The Morgan fingerprint density at radius 1 is 0.821 bits per heavy atom. The number of nitrogens with zero attached hydrogens (tertiary/aromatic N) is 2. The molecule has 1 aromatic heterocycles. The smallest absolute Gasteiger partial charge is 0.272 e. The van der Waals surface area contributed by atoms with Crippen LogP contribution in [0.5, 0.6) is 11.5 Å². The van der Waals surface area contributed by atoms with Crippen molar-refractivity contribution in [2.24, 2.45) is 5.10 Å². The van der Waals surface area contributed by atoms with Gasteiger partial charge in [0.2, 0.25) is 0 Å². The van der Waals surface area contributed by atoms with Crippen LogP contribution in [-0.4, -0.2) is 28.2 Å². The van der Waals surface area contributed by atoms with Crippen LogP contribution in [0.2, 0.25) is 0 Å². The van der Waals surface area contributed by atoms with Crippen molar-refractivity contribution in [1.82, 2.24) is 20.9 Å². The molecule has 4 aromatic carbocycles. The first kappa shape index (κ1) is 25.1. The third-order valence-corrected chi connectivity index (χ3v) is 5.80. The summed E-state index contributed by atoms with van der Waals surface area (Å²) in [5.74, 6) is 0.172. The second kappa shape index (κ2) is 11.7. The molecule has 0 bridgehead atoms. The standard InChI is InChI=1S/C30H23N5O4/c36-28(21-11-3-1-4-12-21)32-27(26-24-16-7-8-17-25(24)29(37)35-33-26)30(38)34-31-19-20-10-9-15-23(18-20)39-22-13-5-2-6-14-22/h1-19,27H,(H,32,36)(H,34,38)(H,35,37)/b31-19-/t27-/m0/s1. The monoisotopic (exact) mass is 517 g/mol. The molecule has 9 heteroatoms. The lowest BCUT2D eigenvalue weighted by atomic mass is 10.0. The molecule has 0 unspecified atom stereocenters. The summed E-state index contributed by atoms with van der Waals surface area (Å²) < 4.78 is 5.85. The topological polar surface area (TPSA) is 126 Å². The molecule has 0 saturated carbocycles. The van der Waals surface area contributed by atoms with E-state index in [1.807, 2.05) is 36.4 Å². The van der Waals surface area contributed by atoms with Gasteiger partial charge in [-0.1, -0.05) is 66.7 Å². The van der Waals surface area contributed by atoms with Crippen LogP contribution in [0, 0.1) is 0 Å². The maximum Gasteiger partial charge on any atom is 0.272 e. The summed E-state index contributed by atoms with van der Waals surface area (Å²) in [5, 5.41) is 14.1. The molecular formula is C30H23N5O4. The maximum absolute atomic E-state index is 13.3. The number of ether oxygens (including phenoxy) is 1. The highest BCUT2D eigenvalue weighted by Crippen LogP contribution is 2.22. The molecule has 0 saturated heterocycles. The molecule has 2 amide bonds. The average Bonchev–Trinajstić information content (AvgIpc) is 2.97. The highest BCUT2D eigenvalue weighted by molar-refractivity contribution is 5.99. The molecule has 192 valence electrons. The minimum atomic E-state index is -1.25. The molecule has 9 nitrogen and oxygen atoms in total. The van der Waals surface area contributed by atoms with Crippen LogP contribution in [0.25, 0.3) is 10.8 Å². The van der Waals surface area contributed by atoms with E-state index in [0.29, 0.717) is 33.4 Å². The highest BCUT2D eigenvalue weighted by atomic mass is 16.5. The minimum absolute atomic E-state index is 0.181. The predicted molar refractivity (Wildman–Crippen MR) is 148 cm³/mol. The van der Waals surface area contributed by atoms with Gasteiger partial charge in [-0.05, 0) is 48.0 Å². The number of hydrazone groups is 1. The van der Waals surface area contributed by atoms with Crippen LogP contribution in [0.15, 0.2) is 119 Å². The van der Waals surface area contributed by atoms with Crippen LogP contribution < -0.4 is 21.0 Å². The number of H-pyrrole nitrogens is 1. The second-order valence-electron chi connectivity index (χ2n) is 8.48. The molecule has 5 aromatic rings. The summed E-state index contributed by atoms with van der Waals surface area (Å²) in [4.78, 5) is 38.6. The van der Waals surface area contributed by atoms with Gasteiger partial charge in [0.25, 0.3) is 17.4 Å². The number of amides is 2. The normalized spacial score (nSPS) is 11.7. The Morgan fingerprint density at radius 3 is 2.26 bits per heavy atom. The predicted octanol–water partition coefficient (Wildman–Crippen LogP) is 4.34. The van der Waals surface area contributed by atoms with Crippen molar-refractivity contribution in [2.45, 2.75) is 6.04 Å². The number of rotatable bonds is 8. The summed E-state index contributed by atoms with van der Waals surface area (Å²) >= 11 is 0. The number of nitrogens with one attached hydrogen (secondary N) is 3. The minimum Gasteiger partial charge on any atom is -0.457 e. The van der Waals surface area contributed by atoms with Crippen molar-refractivity contribution in [3.05, 3.63) is 136 Å². The van der Waals surface area contributed by atoms with E-state index in [2.05, 4.69) is 26.0 Å². The third-order valence-electron chi connectivity index (χ3n) is 5.80. The SMILES string of the molecule is O=C(N[C@H](C(=O)N/N=C\c1cccc(Oc2ccccc2)c1)c1n[nH]c(=O)c2ccccc12)c1ccccc1. The molecule has 3 N–H and O–H groups in total. The number of carbonyl (C=O) groups is 2. The van der Waals surface area contributed by atoms with E-state index in [1.165, 1.54) is 6.21 Å². The lowest BCUT2D eigenvalue weighted by molar-refractivity contribution is -0.123. The van der Waals surface area contributed by atoms with Crippen molar-refractivity contribution in [1.29, 1.82) is 0 Å². The van der Waals surface area contributed by atoms with E-state index < -0.39 is 23.4 Å². The van der Waals surface area contributed by atoms with Crippen LogP contribution in [-0.2, 0) is 4.79 Å². The van der Waals surface area contributed by atoms with Crippen LogP contribution in [0.3, 0.4) is 0 Å². The quantitative estimate of drug-likeness (QED) is 0.209. The van der Waals surface area contributed by atoms with Gasteiger partial charge in [0.15, 0.2) is 6.04 Å². The molecule has 1 atom stereocenters. The van der Waals surface area contributed by atoms with Gasteiger partial charge < -0.3 is 10.1 Å². The lowest BCUT2D eigenvalue weighted by Crippen LogP contribution is -2.40. The molecule has 5 rings (SSSR count). The Labute approximate surface area is 223 Å². The summed E-state index contributed by atoms with van der Waals surface area (Å²) in [7, 11) is 0. The summed E-state index contributed by atoms with van der Waals surface area (Å²) in [6, 6.07) is 30.5. The molecule has 0 radical (unpaired) electrons. The van der Waals surface area contributed by atoms with Gasteiger partial charge in [-0.25, -0.2) is 10.5 Å². The van der Waals surface area contributed by atoms with Gasteiger partial charge in [-0.2, -0.15) is 10.2 Å². The van der Waals surface area contributed by atoms with E-state index in [9.17, 15) is 14.4 Å². The fraction of sp³-hybridized carbons (Fsp3) is 0.0333. The Morgan fingerprint density at radius 2 is 1.49 bits per heavy atom. The summed E-state index contributed by atoms with van der Waals surface area (Å²) in [6.45, 7) is 0. The average molecular weight is 518 g/mol. The number of hydrogen-bond donors (Lipinski definition) is 3. The first-order valence-electron chi connectivity index (χ1n) is 12.1. The third kappa shape index (κ3) is 6.05. The van der Waals surface area contributed by atoms with E-state index >= 15 is 0 Å². The molecule has 0 aliphatic heterocycles. The van der Waals surface area contributed by atoms with Crippen molar-refractivity contribution in [2.75, 3.05) is 0 Å². The second-order valence-corrected chi connectivity index (χ2v) is 8.48. The van der Waals surface area contributed by atoms with Crippen molar-refractivity contribution < 1.29 is 14.3 Å². The van der Waals surface area contributed by atoms with Gasteiger partial charge in [0.05, 0.1) is 11.6 Å². The molecule has 0 aliphatic rings. The molecule has 0 aliphatic carbocycles. The van der Waals surface area contributed by atoms with Crippen molar-refractivity contribution >= 4 is 28.8 Å². The number of hydrogen-bond acceptors (Lipinski definition) is 6. The summed E-state index contributed by atoms with van der Waals surface area (Å²) in [5.41, 5.74) is 3.30. The zero-order valence-corrected chi connectivity index (χ0v) is 20.6. The lowest BCUT2D eigenvalue weighted by Gasteiger charge is -2.18. The summed E-state index contributed by atoms with van der Waals surface area (Å²) in [6.07, 6.45) is 1.46. The zero-order chi connectivity index (χ0) is 27.0. The number of fused-ring (bicyclic) bond motifs is 1. The van der Waals surface area contributed by atoms with Gasteiger partial charge in [-0.15, -0.1) is 0 Å². The Bertz CT molecular complexity index is 1700. The first-order chi connectivity index (χ1) is 19.1. The first-order valence-corrected chi connectivity index (χ1v) is 12.1. The Kier molecular flexibility index (Phi) is 7.50. The van der Waals surface area contributed by atoms with Crippen molar-refractivity contribution in [3.8, 4) is 11.5 Å². The fourth-order valence-corrected chi connectivity index (χ4v) is 3.94. The van der Waals surface area contributed by atoms with E-state index in [-0.39, 0.29) is 5.69 Å². The van der Waals surface area contributed by atoms with E-state index in [4.69, 9.17) is 4.74 Å². The largest absolute Gasteiger partial charge is 0.457 e.